The van der Waals surface area contributed by atoms with E-state index in [2.05, 4.69) is 12.1 Å². The predicted octanol–water partition coefficient (Wildman–Crippen LogP) is 4.83. The lowest BCUT2D eigenvalue weighted by Gasteiger charge is -2.57. The maximum absolute atomic E-state index is 12.3. The molecule has 0 radical (unpaired) electrons. The van der Waals surface area contributed by atoms with Gasteiger partial charge in [0.15, 0.2) is 0 Å². The second-order valence-electron chi connectivity index (χ2n) is 8.90. The number of thioether (sulfide) groups is 1. The summed E-state index contributed by atoms with van der Waals surface area (Å²) in [4.78, 5) is 25.8. The molecule has 0 unspecified atom stereocenters. The number of benzene rings is 1. The van der Waals surface area contributed by atoms with Gasteiger partial charge >= 0.3 is 0 Å². The molecule has 4 saturated carbocycles. The van der Waals surface area contributed by atoms with Crippen LogP contribution in [0.1, 0.15) is 49.7 Å². The van der Waals surface area contributed by atoms with Gasteiger partial charge in [0.25, 0.3) is 11.1 Å². The van der Waals surface area contributed by atoms with Crippen LogP contribution in [0.25, 0.3) is 6.08 Å². The Morgan fingerprint density at radius 1 is 1.11 bits per heavy atom. The van der Waals surface area contributed by atoms with Crippen LogP contribution in [0.2, 0.25) is 0 Å². The molecule has 0 atom stereocenters. The first-order valence-corrected chi connectivity index (χ1v) is 10.7. The molecule has 1 heterocycles. The first kappa shape index (κ1) is 17.4. The molecule has 2 amide bonds. The zero-order valence-corrected chi connectivity index (χ0v) is 16.7. The SMILES string of the molecule is COc1ccc(C23CC4CC(CC(C4)C2)C3)cc1/C=C1/SC(=O)N(C)C1=O. The van der Waals surface area contributed by atoms with Gasteiger partial charge in [-0.3, -0.25) is 14.5 Å². The minimum Gasteiger partial charge on any atom is -0.496 e. The fraction of sp³-hybridized carbons (Fsp3) is 0.545. The van der Waals surface area contributed by atoms with Crippen LogP contribution in [-0.2, 0) is 10.2 Å². The molecule has 142 valence electrons. The highest BCUT2D eigenvalue weighted by Crippen LogP contribution is 2.61. The van der Waals surface area contributed by atoms with Crippen molar-refractivity contribution in [2.24, 2.45) is 17.8 Å². The van der Waals surface area contributed by atoms with Crippen molar-refractivity contribution in [3.05, 3.63) is 34.2 Å². The van der Waals surface area contributed by atoms with Crippen molar-refractivity contribution >= 4 is 29.0 Å². The number of methoxy groups -OCH3 is 1. The van der Waals surface area contributed by atoms with Gasteiger partial charge in [0.1, 0.15) is 5.75 Å². The van der Waals surface area contributed by atoms with Crippen molar-refractivity contribution in [2.45, 2.75) is 43.9 Å². The third-order valence-corrected chi connectivity index (χ3v) is 8.11. The summed E-state index contributed by atoms with van der Waals surface area (Å²) in [7, 11) is 3.18. The summed E-state index contributed by atoms with van der Waals surface area (Å²) in [6.45, 7) is 0. The van der Waals surface area contributed by atoms with E-state index in [1.165, 1.54) is 56.0 Å². The summed E-state index contributed by atoms with van der Waals surface area (Å²) in [6.07, 6.45) is 10.0. The molecule has 0 spiro atoms. The topological polar surface area (TPSA) is 46.6 Å². The number of hydrogen-bond donors (Lipinski definition) is 0. The Kier molecular flexibility index (Phi) is 3.94. The first-order chi connectivity index (χ1) is 13.0. The van der Waals surface area contributed by atoms with Gasteiger partial charge in [0, 0.05) is 12.6 Å². The summed E-state index contributed by atoms with van der Waals surface area (Å²) >= 11 is 1.00. The third-order valence-electron chi connectivity index (χ3n) is 7.15. The van der Waals surface area contributed by atoms with Crippen molar-refractivity contribution in [3.63, 3.8) is 0 Å². The molecule has 0 N–H and O–H groups in total. The molecule has 27 heavy (non-hydrogen) atoms. The number of rotatable bonds is 3. The Hall–Kier alpha value is -1.75. The molecule has 1 aromatic rings. The summed E-state index contributed by atoms with van der Waals surface area (Å²) in [5.74, 6) is 3.19. The van der Waals surface area contributed by atoms with Crippen LogP contribution >= 0.6 is 11.8 Å². The minimum absolute atomic E-state index is 0.220. The van der Waals surface area contributed by atoms with E-state index >= 15 is 0 Å². The molecule has 6 rings (SSSR count). The average molecular weight is 384 g/mol. The lowest BCUT2D eigenvalue weighted by Crippen LogP contribution is -2.48. The van der Waals surface area contributed by atoms with Gasteiger partial charge in [-0.25, -0.2) is 0 Å². The molecule has 0 aromatic heterocycles. The lowest BCUT2D eigenvalue weighted by molar-refractivity contribution is -0.121. The Bertz CT molecular complexity index is 824. The molecule has 1 saturated heterocycles. The fourth-order valence-electron chi connectivity index (χ4n) is 6.33. The third kappa shape index (κ3) is 2.74. The van der Waals surface area contributed by atoms with E-state index in [4.69, 9.17) is 4.74 Å². The van der Waals surface area contributed by atoms with Crippen LogP contribution < -0.4 is 4.74 Å². The molecular weight excluding hydrogens is 358 g/mol. The van der Waals surface area contributed by atoms with Gasteiger partial charge in [-0.2, -0.15) is 0 Å². The van der Waals surface area contributed by atoms with Gasteiger partial charge in [0.2, 0.25) is 0 Å². The Morgan fingerprint density at radius 2 is 1.74 bits per heavy atom. The molecule has 5 heteroatoms. The van der Waals surface area contributed by atoms with Crippen molar-refractivity contribution in [3.8, 4) is 5.75 Å². The number of likely N-dealkylation sites (N-methyl/N-ethyl adjacent to an activating group) is 1. The lowest BCUT2D eigenvalue weighted by atomic mass is 9.48. The monoisotopic (exact) mass is 383 g/mol. The molecule has 4 nitrogen and oxygen atoms in total. The standard InChI is InChI=1S/C22H25NO3S/c1-23-20(24)19(27-21(23)25)9-16-8-17(3-4-18(16)26-2)22-10-13-5-14(11-22)7-15(6-13)12-22/h3-4,8-9,13-15H,5-7,10-12H2,1-2H3/b19-9+. The molecule has 4 aliphatic carbocycles. The van der Waals surface area contributed by atoms with Gasteiger partial charge in [0.05, 0.1) is 12.0 Å². The molecule has 5 fully saturated rings. The number of amides is 2. The zero-order chi connectivity index (χ0) is 18.8. The van der Waals surface area contributed by atoms with Crippen LogP contribution in [-0.4, -0.2) is 30.2 Å². The Morgan fingerprint density at radius 3 is 2.26 bits per heavy atom. The first-order valence-electron chi connectivity index (χ1n) is 9.87. The number of imide groups is 1. The van der Waals surface area contributed by atoms with Gasteiger partial charge < -0.3 is 4.74 Å². The highest BCUT2D eigenvalue weighted by molar-refractivity contribution is 8.18. The quantitative estimate of drug-likeness (QED) is 0.702. The fourth-order valence-corrected chi connectivity index (χ4v) is 7.15. The van der Waals surface area contributed by atoms with E-state index in [9.17, 15) is 9.59 Å². The number of nitrogens with zero attached hydrogens (tertiary/aromatic N) is 1. The van der Waals surface area contributed by atoms with Crippen LogP contribution in [0.5, 0.6) is 5.75 Å². The number of ether oxygens (including phenoxy) is 1. The molecule has 1 aromatic carbocycles. The number of carbonyl (C=O) groups excluding carboxylic acids is 2. The number of carbonyl (C=O) groups is 2. The maximum atomic E-state index is 12.3. The van der Waals surface area contributed by atoms with E-state index in [1.807, 2.05) is 12.1 Å². The van der Waals surface area contributed by atoms with Crippen LogP contribution in [0.4, 0.5) is 4.79 Å². The average Bonchev–Trinajstić information content (AvgIpc) is 2.87. The smallest absolute Gasteiger partial charge is 0.293 e. The predicted molar refractivity (Wildman–Crippen MR) is 107 cm³/mol. The van der Waals surface area contributed by atoms with E-state index in [1.54, 1.807) is 7.11 Å². The summed E-state index contributed by atoms with van der Waals surface area (Å²) in [5, 5.41) is -0.220. The maximum Gasteiger partial charge on any atom is 0.293 e. The largest absolute Gasteiger partial charge is 0.496 e. The minimum atomic E-state index is -0.229. The highest BCUT2D eigenvalue weighted by Gasteiger charge is 2.51. The van der Waals surface area contributed by atoms with Crippen molar-refractivity contribution in [2.75, 3.05) is 14.2 Å². The second-order valence-corrected chi connectivity index (χ2v) is 9.89. The van der Waals surface area contributed by atoms with E-state index in [0.29, 0.717) is 10.3 Å². The van der Waals surface area contributed by atoms with Gasteiger partial charge in [-0.15, -0.1) is 0 Å². The van der Waals surface area contributed by atoms with Crippen molar-refractivity contribution in [1.29, 1.82) is 0 Å². The van der Waals surface area contributed by atoms with Gasteiger partial charge in [-0.05, 0) is 97.2 Å². The molecule has 4 bridgehead atoms. The molecule has 1 aliphatic heterocycles. The van der Waals surface area contributed by atoms with Crippen molar-refractivity contribution in [1.82, 2.24) is 4.90 Å². The second kappa shape index (κ2) is 6.13. The molecular formula is C22H25NO3S. The van der Waals surface area contributed by atoms with E-state index < -0.39 is 0 Å². The summed E-state index contributed by atoms with van der Waals surface area (Å²) in [5.41, 5.74) is 2.60. The normalized spacial score (nSPS) is 36.1. The van der Waals surface area contributed by atoms with Crippen LogP contribution in [0.3, 0.4) is 0 Å². The van der Waals surface area contributed by atoms with Gasteiger partial charge in [-0.1, -0.05) is 6.07 Å². The van der Waals surface area contributed by atoms with E-state index in [0.717, 1.165) is 40.8 Å². The van der Waals surface area contributed by atoms with E-state index in [-0.39, 0.29) is 11.1 Å². The number of hydrogen-bond acceptors (Lipinski definition) is 4. The molecule has 5 aliphatic rings. The highest BCUT2D eigenvalue weighted by atomic mass is 32.2. The Labute approximate surface area is 164 Å². The zero-order valence-electron chi connectivity index (χ0n) is 15.9. The summed E-state index contributed by atoms with van der Waals surface area (Å²) < 4.78 is 5.55. The summed E-state index contributed by atoms with van der Waals surface area (Å²) in [6, 6.07) is 6.49. The van der Waals surface area contributed by atoms with Crippen LogP contribution in [0, 0.1) is 17.8 Å². The van der Waals surface area contributed by atoms with Crippen molar-refractivity contribution < 1.29 is 14.3 Å². The Balaban J connectivity index is 1.54. The van der Waals surface area contributed by atoms with Crippen LogP contribution in [0.15, 0.2) is 23.1 Å².